The van der Waals surface area contributed by atoms with E-state index in [1.807, 2.05) is 38.1 Å². The lowest BCUT2D eigenvalue weighted by Gasteiger charge is -2.27. The van der Waals surface area contributed by atoms with Gasteiger partial charge in [-0.25, -0.2) is 9.18 Å². The van der Waals surface area contributed by atoms with Crippen molar-refractivity contribution in [1.82, 2.24) is 4.90 Å². The summed E-state index contributed by atoms with van der Waals surface area (Å²) in [6.07, 6.45) is 0. The number of rotatable bonds is 8. The number of anilines is 1. The van der Waals surface area contributed by atoms with Gasteiger partial charge >= 0.3 is 16.1 Å². The Morgan fingerprint density at radius 3 is 2.21 bits per heavy atom. The van der Waals surface area contributed by atoms with Gasteiger partial charge in [0.2, 0.25) is 0 Å². The van der Waals surface area contributed by atoms with E-state index in [4.69, 9.17) is 4.18 Å². The van der Waals surface area contributed by atoms with Crippen molar-refractivity contribution in [3.63, 3.8) is 0 Å². The lowest BCUT2D eigenvalue weighted by Crippen LogP contribution is -2.39. The third kappa shape index (κ3) is 6.57. The van der Waals surface area contributed by atoms with E-state index < -0.39 is 15.9 Å². The van der Waals surface area contributed by atoms with Gasteiger partial charge < -0.3 is 14.4 Å². The van der Waals surface area contributed by atoms with Gasteiger partial charge in [0.05, 0.1) is 0 Å². The lowest BCUT2D eigenvalue weighted by molar-refractivity contribution is 0.193. The summed E-state index contributed by atoms with van der Waals surface area (Å²) < 4.78 is 43.4. The molecule has 0 aliphatic heterocycles. The minimum absolute atomic E-state index is 0.107. The van der Waals surface area contributed by atoms with E-state index in [-0.39, 0.29) is 29.3 Å². The summed E-state index contributed by atoms with van der Waals surface area (Å²) in [6, 6.07) is 18.3. The van der Waals surface area contributed by atoms with E-state index >= 15 is 0 Å². The number of carbonyl (C=O) groups excluding carboxylic acids is 1. The minimum Gasteiger partial charge on any atom is -0.379 e. The molecule has 2 amide bonds. The fraction of sp³-hybridized carbons (Fsp3) is 0.269. The van der Waals surface area contributed by atoms with Crippen LogP contribution >= 0.6 is 0 Å². The molecule has 0 radical (unpaired) electrons. The number of halogens is 1. The first-order chi connectivity index (χ1) is 16.0. The van der Waals surface area contributed by atoms with Crippen LogP contribution in [0, 0.1) is 5.82 Å². The van der Waals surface area contributed by atoms with Gasteiger partial charge in [0.15, 0.2) is 0 Å². The minimum atomic E-state index is -4.12. The van der Waals surface area contributed by atoms with Crippen molar-refractivity contribution in [3.05, 3.63) is 89.7 Å². The molecular formula is C26H29FN2O4S. The average Bonchev–Trinajstić information content (AvgIpc) is 2.78. The van der Waals surface area contributed by atoms with E-state index in [2.05, 4.69) is 19.2 Å². The van der Waals surface area contributed by atoms with E-state index in [0.717, 1.165) is 24.3 Å². The first-order valence-corrected chi connectivity index (χ1v) is 12.4. The lowest BCUT2D eigenvalue weighted by atomic mass is 10.0. The maximum Gasteiger partial charge on any atom is 0.339 e. The highest BCUT2D eigenvalue weighted by molar-refractivity contribution is 7.87. The standard InChI is InChI=1S/C26H29FN2O4S/c1-18(2)21-8-12-23(13-9-21)28-26(30)29(19(3)4)17-20-6-5-7-24(16-20)33-34(31,32)25-14-10-22(27)11-15-25/h5-16,18-19H,17H2,1-4H3,(H,28,30). The summed E-state index contributed by atoms with van der Waals surface area (Å²) >= 11 is 0. The van der Waals surface area contributed by atoms with Crippen molar-refractivity contribution in [2.24, 2.45) is 0 Å². The molecule has 3 aromatic rings. The maximum absolute atomic E-state index is 13.1. The van der Waals surface area contributed by atoms with Crippen LogP contribution in [-0.4, -0.2) is 25.4 Å². The monoisotopic (exact) mass is 484 g/mol. The Balaban J connectivity index is 1.72. The van der Waals surface area contributed by atoms with Gasteiger partial charge in [0.1, 0.15) is 16.5 Å². The molecule has 0 heterocycles. The maximum atomic E-state index is 13.1. The normalized spacial score (nSPS) is 11.5. The Morgan fingerprint density at radius 1 is 0.971 bits per heavy atom. The van der Waals surface area contributed by atoms with Crippen molar-refractivity contribution >= 4 is 21.8 Å². The Labute approximate surface area is 200 Å². The topological polar surface area (TPSA) is 75.7 Å². The van der Waals surface area contributed by atoms with E-state index in [1.165, 1.54) is 11.6 Å². The van der Waals surface area contributed by atoms with Crippen LogP contribution in [0.2, 0.25) is 0 Å². The first kappa shape index (κ1) is 25.2. The molecule has 1 N–H and O–H groups in total. The molecule has 180 valence electrons. The van der Waals surface area contributed by atoms with Gasteiger partial charge in [-0.15, -0.1) is 0 Å². The number of hydrogen-bond donors (Lipinski definition) is 1. The summed E-state index contributed by atoms with van der Waals surface area (Å²) in [7, 11) is -4.12. The highest BCUT2D eigenvalue weighted by Crippen LogP contribution is 2.22. The molecule has 0 aromatic heterocycles. The highest BCUT2D eigenvalue weighted by Gasteiger charge is 2.20. The number of nitrogens with one attached hydrogen (secondary N) is 1. The Kier molecular flexibility index (Phi) is 7.94. The van der Waals surface area contributed by atoms with Gasteiger partial charge in [-0.05, 0) is 79.4 Å². The van der Waals surface area contributed by atoms with Crippen molar-refractivity contribution in [2.45, 2.75) is 51.1 Å². The number of carbonyl (C=O) groups is 1. The Hall–Kier alpha value is -3.39. The highest BCUT2D eigenvalue weighted by atomic mass is 32.2. The SMILES string of the molecule is CC(C)c1ccc(NC(=O)N(Cc2cccc(OS(=O)(=O)c3ccc(F)cc3)c2)C(C)C)cc1. The zero-order valence-electron chi connectivity index (χ0n) is 19.7. The molecule has 0 bridgehead atoms. The van der Waals surface area contributed by atoms with Crippen LogP contribution in [0.3, 0.4) is 0 Å². The van der Waals surface area contributed by atoms with Crippen LogP contribution in [-0.2, 0) is 16.7 Å². The Bertz CT molecular complexity index is 1220. The number of urea groups is 1. The fourth-order valence-electron chi connectivity index (χ4n) is 3.30. The summed E-state index contributed by atoms with van der Waals surface area (Å²) in [4.78, 5) is 14.5. The first-order valence-electron chi connectivity index (χ1n) is 11.0. The van der Waals surface area contributed by atoms with Crippen LogP contribution in [0.15, 0.2) is 77.7 Å². The van der Waals surface area contributed by atoms with Crippen LogP contribution in [0.5, 0.6) is 5.75 Å². The molecule has 3 aromatic carbocycles. The molecule has 3 rings (SSSR count). The molecule has 0 fully saturated rings. The summed E-state index contributed by atoms with van der Waals surface area (Å²) in [5.74, 6) is -0.0302. The molecule has 0 atom stereocenters. The molecule has 0 saturated carbocycles. The van der Waals surface area contributed by atoms with Gasteiger partial charge in [-0.2, -0.15) is 8.42 Å². The van der Waals surface area contributed by atoms with Crippen molar-refractivity contribution in [3.8, 4) is 5.75 Å². The Morgan fingerprint density at radius 2 is 1.62 bits per heavy atom. The fourth-order valence-corrected chi connectivity index (χ4v) is 4.23. The molecule has 0 aliphatic rings. The summed E-state index contributed by atoms with van der Waals surface area (Å²) in [5, 5.41) is 2.92. The largest absolute Gasteiger partial charge is 0.379 e. The molecule has 34 heavy (non-hydrogen) atoms. The van der Waals surface area contributed by atoms with Crippen molar-refractivity contribution in [2.75, 3.05) is 5.32 Å². The third-order valence-electron chi connectivity index (χ3n) is 5.27. The van der Waals surface area contributed by atoms with Gasteiger partial charge in [0, 0.05) is 18.3 Å². The third-order valence-corrected chi connectivity index (χ3v) is 6.53. The molecular weight excluding hydrogens is 455 g/mol. The number of nitrogens with zero attached hydrogens (tertiary/aromatic N) is 1. The van der Waals surface area contributed by atoms with Gasteiger partial charge in [-0.1, -0.05) is 38.1 Å². The zero-order valence-corrected chi connectivity index (χ0v) is 20.5. The second kappa shape index (κ2) is 10.7. The number of hydrogen-bond acceptors (Lipinski definition) is 4. The van der Waals surface area contributed by atoms with Crippen LogP contribution < -0.4 is 9.50 Å². The molecule has 0 spiro atoms. The van der Waals surface area contributed by atoms with E-state index in [0.29, 0.717) is 17.2 Å². The molecule has 6 nitrogen and oxygen atoms in total. The number of benzene rings is 3. The summed E-state index contributed by atoms with van der Waals surface area (Å²) in [5.41, 5.74) is 2.58. The van der Waals surface area contributed by atoms with E-state index in [9.17, 15) is 17.6 Å². The zero-order chi connectivity index (χ0) is 24.9. The van der Waals surface area contributed by atoms with Gasteiger partial charge in [-0.3, -0.25) is 0 Å². The van der Waals surface area contributed by atoms with Crippen LogP contribution in [0.25, 0.3) is 0 Å². The predicted octanol–water partition coefficient (Wildman–Crippen LogP) is 6.16. The van der Waals surface area contributed by atoms with Gasteiger partial charge in [0.25, 0.3) is 0 Å². The van der Waals surface area contributed by atoms with Crippen LogP contribution in [0.1, 0.15) is 44.7 Å². The molecule has 0 saturated heterocycles. The smallest absolute Gasteiger partial charge is 0.339 e. The predicted molar refractivity (Wildman–Crippen MR) is 131 cm³/mol. The van der Waals surface area contributed by atoms with Crippen molar-refractivity contribution in [1.29, 1.82) is 0 Å². The number of amides is 2. The molecule has 8 heteroatoms. The van der Waals surface area contributed by atoms with E-state index in [1.54, 1.807) is 23.1 Å². The second-order valence-electron chi connectivity index (χ2n) is 8.57. The average molecular weight is 485 g/mol. The quantitative estimate of drug-likeness (QED) is 0.389. The van der Waals surface area contributed by atoms with Crippen LogP contribution in [0.4, 0.5) is 14.9 Å². The second-order valence-corrected chi connectivity index (χ2v) is 10.1. The van der Waals surface area contributed by atoms with Crippen molar-refractivity contribution < 1.29 is 21.8 Å². The molecule has 0 aliphatic carbocycles. The summed E-state index contributed by atoms with van der Waals surface area (Å²) in [6.45, 7) is 8.27. The molecule has 0 unspecified atom stereocenters.